The number of rotatable bonds is 4. The number of carboxylic acids is 1. The molecular weight excluding hydrogens is 318 g/mol. The minimum atomic E-state index is -0.830. The smallest absolute Gasteiger partial charge is 0.308 e. The molecule has 1 amide bonds. The molecule has 0 saturated heterocycles. The van der Waals surface area contributed by atoms with E-state index >= 15 is 0 Å². The van der Waals surface area contributed by atoms with Crippen molar-refractivity contribution in [1.82, 2.24) is 15.1 Å². The SMILES string of the molecule is Cc1nn(-c2ccccc2)cc1C(=O)N[C@H]1CCCCC[C@H]1C(=O)O. The van der Waals surface area contributed by atoms with Crippen molar-refractivity contribution in [2.45, 2.75) is 45.1 Å². The first kappa shape index (κ1) is 17.2. The zero-order valence-electron chi connectivity index (χ0n) is 14.3. The molecule has 1 aromatic heterocycles. The van der Waals surface area contributed by atoms with E-state index in [1.165, 1.54) is 0 Å². The minimum absolute atomic E-state index is 0.252. The lowest BCUT2D eigenvalue weighted by atomic mass is 9.94. The van der Waals surface area contributed by atoms with Gasteiger partial charge < -0.3 is 10.4 Å². The molecule has 2 aromatic rings. The molecule has 2 atom stereocenters. The Hall–Kier alpha value is -2.63. The molecule has 0 radical (unpaired) electrons. The number of benzene rings is 1. The van der Waals surface area contributed by atoms with Gasteiger partial charge >= 0.3 is 5.97 Å². The fourth-order valence-electron chi connectivity index (χ4n) is 3.42. The Morgan fingerprint density at radius 1 is 1.16 bits per heavy atom. The average Bonchev–Trinajstić information content (AvgIpc) is 2.84. The lowest BCUT2D eigenvalue weighted by Crippen LogP contribution is -2.42. The van der Waals surface area contributed by atoms with Crippen LogP contribution in [0.3, 0.4) is 0 Å². The summed E-state index contributed by atoms with van der Waals surface area (Å²) in [5.74, 6) is -1.60. The number of amides is 1. The molecule has 132 valence electrons. The van der Waals surface area contributed by atoms with E-state index in [4.69, 9.17) is 0 Å². The van der Waals surface area contributed by atoms with E-state index in [1.807, 2.05) is 30.3 Å². The largest absolute Gasteiger partial charge is 0.481 e. The molecule has 1 aliphatic carbocycles. The third-order valence-electron chi connectivity index (χ3n) is 4.81. The van der Waals surface area contributed by atoms with E-state index in [0.717, 1.165) is 24.9 Å². The number of aromatic nitrogens is 2. The second-order valence-electron chi connectivity index (χ2n) is 6.57. The number of hydrogen-bond donors (Lipinski definition) is 2. The summed E-state index contributed by atoms with van der Waals surface area (Å²) >= 11 is 0. The summed E-state index contributed by atoms with van der Waals surface area (Å²) in [7, 11) is 0. The number of nitrogens with one attached hydrogen (secondary N) is 1. The number of carboxylic acid groups (broad SMARTS) is 1. The molecule has 3 rings (SSSR count). The van der Waals surface area contributed by atoms with Gasteiger partial charge in [0, 0.05) is 12.2 Å². The van der Waals surface area contributed by atoms with Gasteiger partial charge in [-0.25, -0.2) is 4.68 Å². The van der Waals surface area contributed by atoms with Gasteiger partial charge in [0.1, 0.15) is 0 Å². The normalized spacial score (nSPS) is 20.7. The molecule has 0 spiro atoms. The summed E-state index contributed by atoms with van der Waals surface area (Å²) in [6.07, 6.45) is 5.87. The third kappa shape index (κ3) is 3.90. The molecule has 0 bridgehead atoms. The van der Waals surface area contributed by atoms with Crippen LogP contribution in [0.1, 0.15) is 48.2 Å². The fraction of sp³-hybridized carbons (Fsp3) is 0.421. The van der Waals surface area contributed by atoms with E-state index < -0.39 is 11.9 Å². The van der Waals surface area contributed by atoms with Gasteiger partial charge in [-0.1, -0.05) is 37.5 Å². The van der Waals surface area contributed by atoms with Gasteiger partial charge in [-0.3, -0.25) is 9.59 Å². The fourth-order valence-corrected chi connectivity index (χ4v) is 3.42. The summed E-state index contributed by atoms with van der Waals surface area (Å²) in [6, 6.07) is 9.25. The first-order valence-corrected chi connectivity index (χ1v) is 8.71. The summed E-state index contributed by atoms with van der Waals surface area (Å²) in [5.41, 5.74) is 1.99. The van der Waals surface area contributed by atoms with Crippen molar-refractivity contribution in [2.24, 2.45) is 5.92 Å². The molecule has 2 N–H and O–H groups in total. The summed E-state index contributed by atoms with van der Waals surface area (Å²) in [4.78, 5) is 24.2. The van der Waals surface area contributed by atoms with Crippen LogP contribution >= 0.6 is 0 Å². The standard InChI is InChI=1S/C19H23N3O3/c1-13-16(12-22(21-13)14-8-4-2-5-9-14)18(23)20-17-11-7-3-6-10-15(17)19(24)25/h2,4-5,8-9,12,15,17H,3,6-7,10-11H2,1H3,(H,20,23)(H,24,25)/t15-,17+/m1/s1. The Labute approximate surface area is 146 Å². The Balaban J connectivity index is 1.78. The Bertz CT molecular complexity index is 755. The molecule has 6 nitrogen and oxygen atoms in total. The van der Waals surface area contributed by atoms with Crippen molar-refractivity contribution in [3.63, 3.8) is 0 Å². The molecule has 6 heteroatoms. The zero-order chi connectivity index (χ0) is 17.8. The number of hydrogen-bond acceptors (Lipinski definition) is 3. The zero-order valence-corrected chi connectivity index (χ0v) is 14.3. The van der Waals surface area contributed by atoms with Crippen molar-refractivity contribution in [3.05, 3.63) is 47.8 Å². The van der Waals surface area contributed by atoms with Crippen LogP contribution in [-0.4, -0.2) is 32.8 Å². The number of nitrogens with zero attached hydrogens (tertiary/aromatic N) is 2. The van der Waals surface area contributed by atoms with Crippen LogP contribution in [0.4, 0.5) is 0 Å². The highest BCUT2D eigenvalue weighted by atomic mass is 16.4. The molecule has 1 aromatic carbocycles. The highest BCUT2D eigenvalue weighted by Gasteiger charge is 2.31. The second-order valence-corrected chi connectivity index (χ2v) is 6.57. The maximum Gasteiger partial charge on any atom is 0.308 e. The van der Waals surface area contributed by atoms with Crippen LogP contribution < -0.4 is 5.32 Å². The predicted octanol–water partition coefficient (Wildman–Crippen LogP) is 2.94. The van der Waals surface area contributed by atoms with Crippen molar-refractivity contribution >= 4 is 11.9 Å². The first-order valence-electron chi connectivity index (χ1n) is 8.71. The highest BCUT2D eigenvalue weighted by molar-refractivity contribution is 5.95. The van der Waals surface area contributed by atoms with Crippen molar-refractivity contribution in [2.75, 3.05) is 0 Å². The van der Waals surface area contributed by atoms with Crippen LogP contribution in [0.5, 0.6) is 0 Å². The van der Waals surface area contributed by atoms with Crippen molar-refractivity contribution in [3.8, 4) is 5.69 Å². The number of aliphatic carboxylic acids is 1. The molecule has 1 aliphatic rings. The highest BCUT2D eigenvalue weighted by Crippen LogP contribution is 2.24. The van der Waals surface area contributed by atoms with E-state index in [-0.39, 0.29) is 11.9 Å². The van der Waals surface area contributed by atoms with Crippen LogP contribution in [0.25, 0.3) is 5.69 Å². The van der Waals surface area contributed by atoms with Gasteiger partial charge in [0.05, 0.1) is 22.9 Å². The van der Waals surface area contributed by atoms with Crippen LogP contribution in [0, 0.1) is 12.8 Å². The molecule has 1 fully saturated rings. The van der Waals surface area contributed by atoms with Crippen molar-refractivity contribution < 1.29 is 14.7 Å². The Morgan fingerprint density at radius 3 is 2.60 bits per heavy atom. The first-order chi connectivity index (χ1) is 12.1. The van der Waals surface area contributed by atoms with Gasteiger partial charge in [0.25, 0.3) is 5.91 Å². The lowest BCUT2D eigenvalue weighted by molar-refractivity contribution is -0.142. The van der Waals surface area contributed by atoms with E-state index in [0.29, 0.717) is 24.1 Å². The number of para-hydroxylation sites is 1. The number of carbonyl (C=O) groups excluding carboxylic acids is 1. The quantitative estimate of drug-likeness (QED) is 0.838. The van der Waals surface area contributed by atoms with E-state index in [2.05, 4.69) is 10.4 Å². The molecule has 0 unspecified atom stereocenters. The monoisotopic (exact) mass is 341 g/mol. The summed E-state index contributed by atoms with van der Waals surface area (Å²) in [6.45, 7) is 1.79. The Kier molecular flexibility index (Phi) is 5.16. The third-order valence-corrected chi connectivity index (χ3v) is 4.81. The summed E-state index contributed by atoms with van der Waals surface area (Å²) < 4.78 is 1.67. The Morgan fingerprint density at radius 2 is 1.88 bits per heavy atom. The van der Waals surface area contributed by atoms with Gasteiger partial charge in [0.15, 0.2) is 0 Å². The molecule has 0 aliphatic heterocycles. The molecule has 1 saturated carbocycles. The van der Waals surface area contributed by atoms with Gasteiger partial charge in [-0.2, -0.15) is 5.10 Å². The predicted molar refractivity (Wildman–Crippen MR) is 93.8 cm³/mol. The average molecular weight is 341 g/mol. The van der Waals surface area contributed by atoms with E-state index in [1.54, 1.807) is 17.8 Å². The maximum absolute atomic E-state index is 12.7. The minimum Gasteiger partial charge on any atom is -0.481 e. The topological polar surface area (TPSA) is 84.2 Å². The number of carbonyl (C=O) groups is 2. The number of aryl methyl sites for hydroxylation is 1. The lowest BCUT2D eigenvalue weighted by Gasteiger charge is -2.22. The van der Waals surface area contributed by atoms with E-state index in [9.17, 15) is 14.7 Å². The molecular formula is C19H23N3O3. The van der Waals surface area contributed by atoms with Gasteiger partial charge in [-0.15, -0.1) is 0 Å². The molecule has 25 heavy (non-hydrogen) atoms. The molecule has 1 heterocycles. The van der Waals surface area contributed by atoms with Crippen LogP contribution in [0.15, 0.2) is 36.5 Å². The van der Waals surface area contributed by atoms with Crippen LogP contribution in [0.2, 0.25) is 0 Å². The van der Waals surface area contributed by atoms with Crippen molar-refractivity contribution in [1.29, 1.82) is 0 Å². The second kappa shape index (κ2) is 7.51. The van der Waals surface area contributed by atoms with Gasteiger partial charge in [-0.05, 0) is 31.9 Å². The maximum atomic E-state index is 12.7. The summed E-state index contributed by atoms with van der Waals surface area (Å²) in [5, 5.41) is 16.8. The van der Waals surface area contributed by atoms with Crippen LogP contribution in [-0.2, 0) is 4.79 Å². The van der Waals surface area contributed by atoms with Gasteiger partial charge in [0.2, 0.25) is 0 Å².